The van der Waals surface area contributed by atoms with E-state index in [2.05, 4.69) is 4.98 Å². The summed E-state index contributed by atoms with van der Waals surface area (Å²) in [5.74, 6) is -1.26. The second-order valence-electron chi connectivity index (χ2n) is 5.24. The fourth-order valence-corrected chi connectivity index (χ4v) is 2.56. The maximum atomic E-state index is 12.6. The highest BCUT2D eigenvalue weighted by Gasteiger charge is 2.26. The lowest BCUT2D eigenvalue weighted by Crippen LogP contribution is -2.22. The Balaban J connectivity index is 2.26. The van der Waals surface area contributed by atoms with Gasteiger partial charge in [-0.2, -0.15) is 0 Å². The van der Waals surface area contributed by atoms with Crippen molar-refractivity contribution in [2.45, 2.75) is 6.92 Å². The van der Waals surface area contributed by atoms with Gasteiger partial charge >= 0.3 is 17.2 Å². The zero-order valence-corrected chi connectivity index (χ0v) is 13.6. The Morgan fingerprint density at radius 3 is 2.62 bits per heavy atom. The zero-order chi connectivity index (χ0) is 18.8. The predicted molar refractivity (Wildman–Crippen MR) is 91.6 cm³/mol. The molecule has 0 saturated heterocycles. The molecule has 0 atom stereocenters. The number of nitrogens with zero attached hydrogens (tertiary/aromatic N) is 3. The third-order valence-electron chi connectivity index (χ3n) is 3.70. The number of aromatic hydroxyl groups is 1. The zero-order valence-electron chi connectivity index (χ0n) is 13.6. The van der Waals surface area contributed by atoms with E-state index < -0.39 is 27.9 Å². The second-order valence-corrected chi connectivity index (χ2v) is 5.24. The number of hydrogen-bond donors (Lipinski definition) is 1. The van der Waals surface area contributed by atoms with Gasteiger partial charge in [-0.3, -0.25) is 19.5 Å². The molecule has 2 aromatic heterocycles. The van der Waals surface area contributed by atoms with Crippen molar-refractivity contribution in [2.75, 3.05) is 6.61 Å². The van der Waals surface area contributed by atoms with E-state index in [1.807, 2.05) is 0 Å². The Morgan fingerprint density at radius 1 is 1.31 bits per heavy atom. The maximum Gasteiger partial charge on any atom is 0.376 e. The second kappa shape index (κ2) is 6.63. The van der Waals surface area contributed by atoms with Crippen LogP contribution in [-0.2, 0) is 4.74 Å². The molecule has 0 aliphatic rings. The van der Waals surface area contributed by atoms with Crippen molar-refractivity contribution in [2.24, 2.45) is 0 Å². The standard InChI is InChI=1S/C17H13N3O6/c1-2-26-17(23)10-5-7-11(8-6-10)19-15-12(4-3-9-18-15)14(21)13(16(19)22)20(24)25/h3-9,21H,2H2,1H3. The van der Waals surface area contributed by atoms with E-state index in [1.54, 1.807) is 6.92 Å². The largest absolute Gasteiger partial charge is 0.501 e. The first-order valence-corrected chi connectivity index (χ1v) is 7.60. The number of rotatable bonds is 4. The molecule has 0 aliphatic carbocycles. The van der Waals surface area contributed by atoms with Gasteiger partial charge in [-0.1, -0.05) is 0 Å². The lowest BCUT2D eigenvalue weighted by atomic mass is 10.2. The van der Waals surface area contributed by atoms with Gasteiger partial charge in [-0.05, 0) is 43.3 Å². The van der Waals surface area contributed by atoms with Gasteiger partial charge in [0, 0.05) is 6.20 Å². The lowest BCUT2D eigenvalue weighted by molar-refractivity contribution is -0.387. The van der Waals surface area contributed by atoms with Crippen LogP contribution in [0, 0.1) is 10.1 Å². The fourth-order valence-electron chi connectivity index (χ4n) is 2.56. The molecule has 3 rings (SSSR count). The van der Waals surface area contributed by atoms with Gasteiger partial charge in [0.1, 0.15) is 0 Å². The molecule has 1 aromatic carbocycles. The summed E-state index contributed by atoms with van der Waals surface area (Å²) in [5.41, 5.74) is -1.38. The van der Waals surface area contributed by atoms with E-state index >= 15 is 0 Å². The summed E-state index contributed by atoms with van der Waals surface area (Å²) in [6, 6.07) is 8.68. The lowest BCUT2D eigenvalue weighted by Gasteiger charge is -2.11. The molecule has 9 nitrogen and oxygen atoms in total. The molecular formula is C17H13N3O6. The number of benzene rings is 1. The van der Waals surface area contributed by atoms with Gasteiger partial charge in [-0.15, -0.1) is 0 Å². The Hall–Kier alpha value is -3.75. The van der Waals surface area contributed by atoms with Crippen LogP contribution in [0.1, 0.15) is 17.3 Å². The number of fused-ring (bicyclic) bond motifs is 1. The first kappa shape index (κ1) is 17.1. The Morgan fingerprint density at radius 2 is 2.00 bits per heavy atom. The molecule has 0 amide bonds. The first-order valence-electron chi connectivity index (χ1n) is 7.60. The third-order valence-corrected chi connectivity index (χ3v) is 3.70. The number of hydrogen-bond acceptors (Lipinski definition) is 7. The van der Waals surface area contributed by atoms with Gasteiger partial charge < -0.3 is 9.84 Å². The van der Waals surface area contributed by atoms with E-state index in [9.17, 15) is 24.8 Å². The van der Waals surface area contributed by atoms with Crippen LogP contribution in [0.25, 0.3) is 16.7 Å². The molecular weight excluding hydrogens is 342 g/mol. The summed E-state index contributed by atoms with van der Waals surface area (Å²) in [5, 5.41) is 21.4. The molecule has 0 spiro atoms. The normalized spacial score (nSPS) is 10.7. The van der Waals surface area contributed by atoms with Crippen molar-refractivity contribution in [1.82, 2.24) is 9.55 Å². The Labute approximate surface area is 146 Å². The van der Waals surface area contributed by atoms with Crippen molar-refractivity contribution in [3.8, 4) is 11.4 Å². The van der Waals surface area contributed by atoms with Crippen molar-refractivity contribution in [3.63, 3.8) is 0 Å². The van der Waals surface area contributed by atoms with E-state index in [1.165, 1.54) is 42.6 Å². The Kier molecular flexibility index (Phi) is 4.36. The van der Waals surface area contributed by atoms with Crippen LogP contribution in [0.15, 0.2) is 47.4 Å². The summed E-state index contributed by atoms with van der Waals surface area (Å²) >= 11 is 0. The monoisotopic (exact) mass is 355 g/mol. The number of carbonyl (C=O) groups is 1. The highest BCUT2D eigenvalue weighted by molar-refractivity contribution is 5.90. The minimum absolute atomic E-state index is 0.0597. The number of ether oxygens (including phenoxy) is 1. The summed E-state index contributed by atoms with van der Waals surface area (Å²) < 4.78 is 5.91. The molecule has 9 heteroatoms. The van der Waals surface area contributed by atoms with Crippen LogP contribution in [-0.4, -0.2) is 32.2 Å². The van der Waals surface area contributed by atoms with Gasteiger partial charge in [0.25, 0.3) is 0 Å². The quantitative estimate of drug-likeness (QED) is 0.432. The van der Waals surface area contributed by atoms with Crippen LogP contribution in [0.3, 0.4) is 0 Å². The number of pyridine rings is 2. The minimum Gasteiger partial charge on any atom is -0.501 e. The molecule has 26 heavy (non-hydrogen) atoms. The van der Waals surface area contributed by atoms with Crippen molar-refractivity contribution >= 4 is 22.7 Å². The molecule has 0 aliphatic heterocycles. The summed E-state index contributed by atoms with van der Waals surface area (Å²) in [7, 11) is 0. The van der Waals surface area contributed by atoms with E-state index in [-0.39, 0.29) is 28.9 Å². The van der Waals surface area contributed by atoms with Crippen LogP contribution in [0.5, 0.6) is 5.75 Å². The van der Waals surface area contributed by atoms with Gasteiger partial charge in [0.05, 0.1) is 28.2 Å². The van der Waals surface area contributed by atoms with Crippen LogP contribution < -0.4 is 5.56 Å². The molecule has 3 aromatic rings. The molecule has 0 bridgehead atoms. The molecule has 0 fully saturated rings. The number of aromatic nitrogens is 2. The Bertz CT molecular complexity index is 1070. The molecule has 1 N–H and O–H groups in total. The van der Waals surface area contributed by atoms with Gasteiger partial charge in [0.15, 0.2) is 5.65 Å². The maximum absolute atomic E-state index is 12.6. The van der Waals surface area contributed by atoms with E-state index in [0.717, 1.165) is 4.57 Å². The average molecular weight is 355 g/mol. The topological polar surface area (TPSA) is 125 Å². The first-order chi connectivity index (χ1) is 12.5. The van der Waals surface area contributed by atoms with Crippen molar-refractivity contribution in [3.05, 3.63) is 68.6 Å². The van der Waals surface area contributed by atoms with E-state index in [4.69, 9.17) is 4.74 Å². The van der Waals surface area contributed by atoms with Crippen molar-refractivity contribution < 1.29 is 19.6 Å². The third kappa shape index (κ3) is 2.75. The molecule has 0 radical (unpaired) electrons. The fraction of sp³-hybridized carbons (Fsp3) is 0.118. The molecule has 0 unspecified atom stereocenters. The summed E-state index contributed by atoms with van der Waals surface area (Å²) in [6.07, 6.45) is 1.40. The average Bonchev–Trinajstić information content (AvgIpc) is 2.62. The summed E-state index contributed by atoms with van der Waals surface area (Å²) in [4.78, 5) is 38.7. The molecule has 0 saturated carbocycles. The van der Waals surface area contributed by atoms with Crippen LogP contribution >= 0.6 is 0 Å². The van der Waals surface area contributed by atoms with Gasteiger partial charge in [0.2, 0.25) is 5.75 Å². The van der Waals surface area contributed by atoms with Crippen molar-refractivity contribution in [1.29, 1.82) is 0 Å². The molecule has 2 heterocycles. The SMILES string of the molecule is CCOC(=O)c1ccc(-n2c(=O)c([N+](=O)[O-])c(O)c3cccnc32)cc1. The van der Waals surface area contributed by atoms with Gasteiger partial charge in [-0.25, -0.2) is 9.78 Å². The number of esters is 1. The van der Waals surface area contributed by atoms with Crippen LogP contribution in [0.4, 0.5) is 5.69 Å². The molecule has 132 valence electrons. The predicted octanol–water partition coefficient (Wildman–Crippen LogP) is 2.18. The summed E-state index contributed by atoms with van der Waals surface area (Å²) in [6.45, 7) is 1.90. The van der Waals surface area contributed by atoms with Crippen LogP contribution in [0.2, 0.25) is 0 Å². The smallest absolute Gasteiger partial charge is 0.376 e. The minimum atomic E-state index is -1.03. The number of nitro groups is 1. The van der Waals surface area contributed by atoms with E-state index in [0.29, 0.717) is 0 Å². The highest BCUT2D eigenvalue weighted by Crippen LogP contribution is 2.31. The highest BCUT2D eigenvalue weighted by atomic mass is 16.6. The number of carbonyl (C=O) groups excluding carboxylic acids is 1.